The second kappa shape index (κ2) is 7.00. The van der Waals surface area contributed by atoms with Gasteiger partial charge in [-0.3, -0.25) is 9.59 Å². The molecule has 7 nitrogen and oxygen atoms in total. The van der Waals surface area contributed by atoms with Crippen LogP contribution in [0.3, 0.4) is 0 Å². The predicted molar refractivity (Wildman–Crippen MR) is 67.2 cm³/mol. The Morgan fingerprint density at radius 3 is 2.21 bits per heavy atom. The van der Waals surface area contributed by atoms with Crippen molar-refractivity contribution in [2.24, 2.45) is 0 Å². The van der Waals surface area contributed by atoms with Crippen molar-refractivity contribution in [1.29, 1.82) is 0 Å². The largest absolute Gasteiger partial charge is 0.494 e. The molecule has 2 amide bonds. The first kappa shape index (κ1) is 14.5. The van der Waals surface area contributed by atoms with E-state index in [1.54, 1.807) is 18.2 Å². The number of amides is 2. The summed E-state index contributed by atoms with van der Waals surface area (Å²) < 4.78 is 10.1. The molecule has 0 aromatic heterocycles. The zero-order valence-electron chi connectivity index (χ0n) is 10.6. The van der Waals surface area contributed by atoms with Crippen LogP contribution < -0.4 is 20.1 Å². The van der Waals surface area contributed by atoms with Gasteiger partial charge in [-0.05, 0) is 12.1 Å². The third kappa shape index (κ3) is 3.70. The Morgan fingerprint density at radius 2 is 1.74 bits per heavy atom. The van der Waals surface area contributed by atoms with Crippen molar-refractivity contribution in [3.63, 3.8) is 0 Å². The number of hydrogen-bond acceptors (Lipinski definition) is 5. The first-order chi connectivity index (χ1) is 9.13. The number of benzene rings is 1. The molecule has 1 aromatic carbocycles. The molecule has 0 atom stereocenters. The number of hydrogen-bond donors (Lipinski definition) is 2. The lowest BCUT2D eigenvalue weighted by Gasteiger charge is -2.13. The number of carbonyl (C=O) groups excluding carboxylic acids is 3. The molecule has 0 aliphatic rings. The van der Waals surface area contributed by atoms with Crippen LogP contribution in [-0.4, -0.2) is 38.9 Å². The molecule has 0 radical (unpaired) electrons. The van der Waals surface area contributed by atoms with E-state index in [0.717, 1.165) is 0 Å². The Labute approximate surface area is 109 Å². The predicted octanol–water partition coefficient (Wildman–Crippen LogP) is -0.0426. The number of aldehydes is 1. The minimum atomic E-state index is -0.917. The SMILES string of the molecule is COc1cccc(OC)c1NC(=O)C(=O)NCC=O. The first-order valence-electron chi connectivity index (χ1n) is 5.37. The third-order valence-corrected chi connectivity index (χ3v) is 2.22. The van der Waals surface area contributed by atoms with Gasteiger partial charge < -0.3 is 24.9 Å². The van der Waals surface area contributed by atoms with E-state index >= 15 is 0 Å². The Kier molecular flexibility index (Phi) is 5.34. The van der Waals surface area contributed by atoms with E-state index in [4.69, 9.17) is 9.47 Å². The van der Waals surface area contributed by atoms with Gasteiger partial charge in [0.05, 0.1) is 20.8 Å². The Balaban J connectivity index is 2.89. The van der Waals surface area contributed by atoms with Crippen LogP contribution in [0.25, 0.3) is 0 Å². The van der Waals surface area contributed by atoms with Gasteiger partial charge in [0.25, 0.3) is 0 Å². The molecule has 1 rings (SSSR count). The molecule has 1 aromatic rings. The van der Waals surface area contributed by atoms with Crippen molar-refractivity contribution in [3.8, 4) is 11.5 Å². The van der Waals surface area contributed by atoms with Crippen LogP contribution in [0.1, 0.15) is 0 Å². The Morgan fingerprint density at radius 1 is 1.16 bits per heavy atom. The van der Waals surface area contributed by atoms with E-state index in [0.29, 0.717) is 17.8 Å². The zero-order chi connectivity index (χ0) is 14.3. The maximum absolute atomic E-state index is 11.6. The fourth-order valence-electron chi connectivity index (χ4n) is 1.36. The highest BCUT2D eigenvalue weighted by Crippen LogP contribution is 2.33. The quantitative estimate of drug-likeness (QED) is 0.576. The van der Waals surface area contributed by atoms with Gasteiger partial charge in [0.2, 0.25) is 0 Å². The summed E-state index contributed by atoms with van der Waals surface area (Å²) in [6, 6.07) is 4.91. The molecule has 0 heterocycles. The van der Waals surface area contributed by atoms with Crippen molar-refractivity contribution in [2.75, 3.05) is 26.1 Å². The van der Waals surface area contributed by atoms with Gasteiger partial charge >= 0.3 is 11.8 Å². The minimum Gasteiger partial charge on any atom is -0.494 e. The van der Waals surface area contributed by atoms with Crippen LogP contribution in [0.4, 0.5) is 5.69 Å². The van der Waals surface area contributed by atoms with E-state index in [1.165, 1.54) is 14.2 Å². The summed E-state index contributed by atoms with van der Waals surface area (Å²) in [7, 11) is 2.85. The summed E-state index contributed by atoms with van der Waals surface area (Å²) in [6.07, 6.45) is 0.481. The summed E-state index contributed by atoms with van der Waals surface area (Å²) >= 11 is 0. The second-order valence-electron chi connectivity index (χ2n) is 3.37. The van der Waals surface area contributed by atoms with Gasteiger partial charge in [-0.1, -0.05) is 6.07 Å². The highest BCUT2D eigenvalue weighted by atomic mass is 16.5. The molecule has 0 saturated heterocycles. The number of rotatable bonds is 5. The van der Waals surface area contributed by atoms with Crippen molar-refractivity contribution < 1.29 is 23.9 Å². The van der Waals surface area contributed by atoms with Gasteiger partial charge in [0.15, 0.2) is 0 Å². The number of ether oxygens (including phenoxy) is 2. The molecule has 2 N–H and O–H groups in total. The van der Waals surface area contributed by atoms with Crippen molar-refractivity contribution in [2.45, 2.75) is 0 Å². The van der Waals surface area contributed by atoms with Gasteiger partial charge in [0, 0.05) is 0 Å². The molecular formula is C12H14N2O5. The number of anilines is 1. The second-order valence-corrected chi connectivity index (χ2v) is 3.37. The molecule has 102 valence electrons. The average molecular weight is 266 g/mol. The molecular weight excluding hydrogens is 252 g/mol. The fourth-order valence-corrected chi connectivity index (χ4v) is 1.36. The molecule has 19 heavy (non-hydrogen) atoms. The highest BCUT2D eigenvalue weighted by Gasteiger charge is 2.18. The lowest BCUT2D eigenvalue weighted by Crippen LogP contribution is -2.36. The molecule has 7 heteroatoms. The average Bonchev–Trinajstić information content (AvgIpc) is 2.44. The Hall–Kier alpha value is -2.57. The number of carbonyl (C=O) groups is 3. The maximum atomic E-state index is 11.6. The van der Waals surface area contributed by atoms with Gasteiger partial charge in [-0.15, -0.1) is 0 Å². The maximum Gasteiger partial charge on any atom is 0.313 e. The summed E-state index contributed by atoms with van der Waals surface area (Å²) in [5.41, 5.74) is 0.249. The van der Waals surface area contributed by atoms with E-state index in [1.807, 2.05) is 0 Å². The van der Waals surface area contributed by atoms with Crippen LogP contribution in [-0.2, 0) is 14.4 Å². The number of nitrogens with one attached hydrogen (secondary N) is 2. The fraction of sp³-hybridized carbons (Fsp3) is 0.250. The lowest BCUT2D eigenvalue weighted by atomic mass is 10.2. The standard InChI is InChI=1S/C12H14N2O5/c1-18-8-4-3-5-9(19-2)10(8)14-12(17)11(16)13-6-7-15/h3-5,7H,6H2,1-2H3,(H,13,16)(H,14,17). The third-order valence-electron chi connectivity index (χ3n) is 2.22. The molecule has 0 aliphatic carbocycles. The summed E-state index contributed by atoms with van der Waals surface area (Å²) in [5, 5.41) is 4.50. The summed E-state index contributed by atoms with van der Waals surface area (Å²) in [5.74, 6) is -1.11. The van der Waals surface area contributed by atoms with Crippen molar-refractivity contribution in [3.05, 3.63) is 18.2 Å². The van der Waals surface area contributed by atoms with Crippen LogP contribution in [0.15, 0.2) is 18.2 Å². The van der Waals surface area contributed by atoms with Crippen LogP contribution in [0.2, 0.25) is 0 Å². The van der Waals surface area contributed by atoms with E-state index in [2.05, 4.69) is 10.6 Å². The minimum absolute atomic E-state index is 0.227. The van der Waals surface area contributed by atoms with E-state index in [-0.39, 0.29) is 12.2 Å². The monoisotopic (exact) mass is 266 g/mol. The highest BCUT2D eigenvalue weighted by molar-refractivity contribution is 6.40. The summed E-state index contributed by atoms with van der Waals surface area (Å²) in [6.45, 7) is -0.227. The number of para-hydroxylation sites is 1. The lowest BCUT2D eigenvalue weighted by molar-refractivity contribution is -0.136. The van der Waals surface area contributed by atoms with Gasteiger partial charge in [-0.25, -0.2) is 0 Å². The molecule has 0 aliphatic heterocycles. The molecule has 0 spiro atoms. The van der Waals surface area contributed by atoms with Gasteiger partial charge in [-0.2, -0.15) is 0 Å². The van der Waals surface area contributed by atoms with Crippen molar-refractivity contribution >= 4 is 23.8 Å². The molecule has 0 unspecified atom stereocenters. The van der Waals surface area contributed by atoms with Gasteiger partial charge in [0.1, 0.15) is 23.5 Å². The van der Waals surface area contributed by atoms with Crippen LogP contribution >= 0.6 is 0 Å². The molecule has 0 bridgehead atoms. The first-order valence-corrected chi connectivity index (χ1v) is 5.37. The Bertz CT molecular complexity index is 465. The topological polar surface area (TPSA) is 93.7 Å². The zero-order valence-corrected chi connectivity index (χ0v) is 10.6. The smallest absolute Gasteiger partial charge is 0.313 e. The van der Waals surface area contributed by atoms with Crippen molar-refractivity contribution in [1.82, 2.24) is 5.32 Å². The molecule has 0 saturated carbocycles. The van der Waals surface area contributed by atoms with Crippen LogP contribution in [0, 0.1) is 0 Å². The normalized spacial score (nSPS) is 9.37. The van der Waals surface area contributed by atoms with E-state index < -0.39 is 11.8 Å². The summed E-state index contributed by atoms with van der Waals surface area (Å²) in [4.78, 5) is 33.1. The van der Waals surface area contributed by atoms with E-state index in [9.17, 15) is 14.4 Å². The molecule has 0 fully saturated rings. The van der Waals surface area contributed by atoms with Crippen LogP contribution in [0.5, 0.6) is 11.5 Å². The number of methoxy groups -OCH3 is 2.